The fourth-order valence-corrected chi connectivity index (χ4v) is 1.90. The van der Waals surface area contributed by atoms with Gasteiger partial charge in [0.15, 0.2) is 5.82 Å². The largest absolute Gasteiger partial charge is 0.411 e. The standard InChI is InChI=1S/C11H10F3N5/c12-11(13,14)10(3-4-10)19-8-7-6(2-1-5-16-7)17-9(15)18-8/h1-2,5H,3-4H2,(H3,15,17,18,19). The second-order valence-electron chi connectivity index (χ2n) is 4.51. The molecule has 1 saturated carbocycles. The van der Waals surface area contributed by atoms with Crippen LogP contribution < -0.4 is 11.1 Å². The van der Waals surface area contributed by atoms with Crippen LogP contribution in [0.25, 0.3) is 11.0 Å². The average molecular weight is 269 g/mol. The molecule has 1 fully saturated rings. The van der Waals surface area contributed by atoms with Gasteiger partial charge in [-0.25, -0.2) is 4.98 Å². The first-order valence-corrected chi connectivity index (χ1v) is 5.64. The topological polar surface area (TPSA) is 76.7 Å². The summed E-state index contributed by atoms with van der Waals surface area (Å²) < 4.78 is 38.8. The summed E-state index contributed by atoms with van der Waals surface area (Å²) in [4.78, 5) is 11.8. The molecule has 3 rings (SSSR count). The molecule has 100 valence electrons. The number of alkyl halides is 3. The van der Waals surface area contributed by atoms with Crippen LogP contribution in [0.3, 0.4) is 0 Å². The summed E-state index contributed by atoms with van der Waals surface area (Å²) >= 11 is 0. The molecule has 2 aromatic rings. The fraction of sp³-hybridized carbons (Fsp3) is 0.364. The summed E-state index contributed by atoms with van der Waals surface area (Å²) in [6.45, 7) is 0. The maximum absolute atomic E-state index is 12.9. The minimum atomic E-state index is -4.33. The number of nitrogen functional groups attached to an aromatic ring is 1. The zero-order chi connectivity index (χ0) is 13.7. The molecule has 0 spiro atoms. The van der Waals surface area contributed by atoms with Gasteiger partial charge in [-0.05, 0) is 25.0 Å². The number of hydrogen-bond donors (Lipinski definition) is 2. The molecule has 2 heterocycles. The summed E-state index contributed by atoms with van der Waals surface area (Å²) in [5, 5.41) is 2.43. The Balaban J connectivity index is 2.06. The highest BCUT2D eigenvalue weighted by Gasteiger charge is 2.63. The SMILES string of the molecule is Nc1nc(NC2(C(F)(F)F)CC2)c2ncccc2n1. The van der Waals surface area contributed by atoms with E-state index in [-0.39, 0.29) is 30.1 Å². The van der Waals surface area contributed by atoms with Crippen molar-refractivity contribution in [2.75, 3.05) is 11.1 Å². The van der Waals surface area contributed by atoms with Crippen molar-refractivity contribution < 1.29 is 13.2 Å². The molecule has 1 aliphatic carbocycles. The number of aromatic nitrogens is 3. The van der Waals surface area contributed by atoms with Gasteiger partial charge in [-0.1, -0.05) is 0 Å². The number of rotatable bonds is 2. The van der Waals surface area contributed by atoms with Gasteiger partial charge in [-0.2, -0.15) is 18.2 Å². The van der Waals surface area contributed by atoms with Gasteiger partial charge in [-0.3, -0.25) is 4.98 Å². The number of nitrogens with zero attached hydrogens (tertiary/aromatic N) is 3. The molecule has 0 unspecified atom stereocenters. The Morgan fingerprint density at radius 1 is 1.26 bits per heavy atom. The molecule has 19 heavy (non-hydrogen) atoms. The number of anilines is 2. The Labute approximate surface area is 106 Å². The highest BCUT2D eigenvalue weighted by atomic mass is 19.4. The molecule has 2 aromatic heterocycles. The van der Waals surface area contributed by atoms with Gasteiger partial charge in [0, 0.05) is 6.20 Å². The van der Waals surface area contributed by atoms with Crippen molar-refractivity contribution in [2.24, 2.45) is 0 Å². The molecule has 0 radical (unpaired) electrons. The van der Waals surface area contributed by atoms with Crippen molar-refractivity contribution in [1.82, 2.24) is 15.0 Å². The zero-order valence-corrected chi connectivity index (χ0v) is 9.70. The fourth-order valence-electron chi connectivity index (χ4n) is 1.90. The molecule has 0 saturated heterocycles. The second-order valence-corrected chi connectivity index (χ2v) is 4.51. The van der Waals surface area contributed by atoms with Crippen molar-refractivity contribution in [1.29, 1.82) is 0 Å². The van der Waals surface area contributed by atoms with Gasteiger partial charge in [0.05, 0.1) is 5.52 Å². The second kappa shape index (κ2) is 3.69. The van der Waals surface area contributed by atoms with Crippen LogP contribution in [0, 0.1) is 0 Å². The maximum atomic E-state index is 12.9. The summed E-state index contributed by atoms with van der Waals surface area (Å²) in [5.74, 6) is -0.0566. The van der Waals surface area contributed by atoms with Gasteiger partial charge in [-0.15, -0.1) is 0 Å². The van der Waals surface area contributed by atoms with E-state index in [1.54, 1.807) is 12.1 Å². The monoisotopic (exact) mass is 269 g/mol. The highest BCUT2D eigenvalue weighted by molar-refractivity contribution is 5.86. The third kappa shape index (κ3) is 1.92. The first-order valence-electron chi connectivity index (χ1n) is 5.64. The summed E-state index contributed by atoms with van der Waals surface area (Å²) in [6.07, 6.45) is -2.81. The van der Waals surface area contributed by atoms with Crippen molar-refractivity contribution in [3.63, 3.8) is 0 Å². The van der Waals surface area contributed by atoms with E-state index in [2.05, 4.69) is 20.3 Å². The first-order chi connectivity index (χ1) is 8.91. The lowest BCUT2D eigenvalue weighted by atomic mass is 10.2. The zero-order valence-electron chi connectivity index (χ0n) is 9.70. The quantitative estimate of drug-likeness (QED) is 0.873. The molecule has 0 aliphatic heterocycles. The van der Waals surface area contributed by atoms with Crippen LogP contribution >= 0.6 is 0 Å². The van der Waals surface area contributed by atoms with Crippen molar-refractivity contribution in [3.8, 4) is 0 Å². The summed E-state index contributed by atoms with van der Waals surface area (Å²) in [6, 6.07) is 3.26. The maximum Gasteiger partial charge on any atom is 0.411 e. The lowest BCUT2D eigenvalue weighted by Gasteiger charge is -2.21. The number of fused-ring (bicyclic) bond motifs is 1. The minimum Gasteiger partial charge on any atom is -0.368 e. The number of halogens is 3. The number of pyridine rings is 1. The van der Waals surface area contributed by atoms with Crippen LogP contribution in [0.15, 0.2) is 18.3 Å². The van der Waals surface area contributed by atoms with E-state index in [1.807, 2.05) is 0 Å². The molecular formula is C11H10F3N5. The molecule has 8 heteroatoms. The number of nitrogens with one attached hydrogen (secondary N) is 1. The van der Waals surface area contributed by atoms with Crippen LogP contribution in [0.2, 0.25) is 0 Å². The number of nitrogens with two attached hydrogens (primary N) is 1. The highest BCUT2D eigenvalue weighted by Crippen LogP contribution is 2.51. The Hall–Kier alpha value is -2.12. The van der Waals surface area contributed by atoms with E-state index in [4.69, 9.17) is 5.73 Å². The third-order valence-electron chi connectivity index (χ3n) is 3.12. The van der Waals surface area contributed by atoms with Gasteiger partial charge < -0.3 is 11.1 Å². The van der Waals surface area contributed by atoms with E-state index in [9.17, 15) is 13.2 Å². The van der Waals surface area contributed by atoms with Gasteiger partial charge in [0.2, 0.25) is 5.95 Å². The van der Waals surface area contributed by atoms with E-state index < -0.39 is 11.7 Å². The Morgan fingerprint density at radius 2 is 2.00 bits per heavy atom. The lowest BCUT2D eigenvalue weighted by Crippen LogP contribution is -2.39. The average Bonchev–Trinajstić information content (AvgIpc) is 3.09. The Bertz CT molecular complexity index is 636. The summed E-state index contributed by atoms with van der Waals surface area (Å²) in [5.41, 5.74) is 4.29. The van der Waals surface area contributed by atoms with E-state index >= 15 is 0 Å². The normalized spacial score (nSPS) is 17.4. The molecule has 0 amide bonds. The van der Waals surface area contributed by atoms with Crippen molar-refractivity contribution in [3.05, 3.63) is 18.3 Å². The Kier molecular flexibility index (Phi) is 2.32. The molecule has 0 atom stereocenters. The molecule has 1 aliphatic rings. The minimum absolute atomic E-state index is 0.0226. The molecule has 0 aromatic carbocycles. The van der Waals surface area contributed by atoms with Crippen molar-refractivity contribution >= 4 is 22.8 Å². The molecule has 0 bridgehead atoms. The Morgan fingerprint density at radius 3 is 2.63 bits per heavy atom. The lowest BCUT2D eigenvalue weighted by molar-refractivity contribution is -0.151. The van der Waals surface area contributed by atoms with Crippen LogP contribution in [-0.4, -0.2) is 26.7 Å². The van der Waals surface area contributed by atoms with E-state index in [0.717, 1.165) is 0 Å². The van der Waals surface area contributed by atoms with Gasteiger partial charge in [0.25, 0.3) is 0 Å². The van der Waals surface area contributed by atoms with E-state index in [0.29, 0.717) is 5.52 Å². The van der Waals surface area contributed by atoms with Crippen LogP contribution in [0.5, 0.6) is 0 Å². The predicted octanol–water partition coefficient (Wildman–Crippen LogP) is 2.11. The summed E-state index contributed by atoms with van der Waals surface area (Å²) in [7, 11) is 0. The van der Waals surface area contributed by atoms with E-state index in [1.165, 1.54) is 6.20 Å². The smallest absolute Gasteiger partial charge is 0.368 e. The van der Waals surface area contributed by atoms with Crippen LogP contribution in [-0.2, 0) is 0 Å². The number of hydrogen-bond acceptors (Lipinski definition) is 5. The van der Waals surface area contributed by atoms with Crippen LogP contribution in [0.4, 0.5) is 24.9 Å². The molecular weight excluding hydrogens is 259 g/mol. The van der Waals surface area contributed by atoms with Gasteiger partial charge >= 0.3 is 6.18 Å². The first kappa shape index (κ1) is 11.9. The third-order valence-corrected chi connectivity index (χ3v) is 3.12. The molecule has 3 N–H and O–H groups in total. The van der Waals surface area contributed by atoms with Crippen molar-refractivity contribution in [2.45, 2.75) is 24.6 Å². The van der Waals surface area contributed by atoms with Gasteiger partial charge in [0.1, 0.15) is 11.1 Å². The predicted molar refractivity (Wildman–Crippen MR) is 63.4 cm³/mol. The van der Waals surface area contributed by atoms with Crippen LogP contribution in [0.1, 0.15) is 12.8 Å². The molecule has 5 nitrogen and oxygen atoms in total.